The summed E-state index contributed by atoms with van der Waals surface area (Å²) < 4.78 is 0. The van der Waals surface area contributed by atoms with Crippen LogP contribution in [0.3, 0.4) is 0 Å². The Kier molecular flexibility index (Phi) is 5.79. The van der Waals surface area contributed by atoms with Crippen LogP contribution in [0.5, 0.6) is 0 Å². The molecule has 0 N–H and O–H groups in total. The topological polar surface area (TPSA) is 6.48 Å². The Morgan fingerprint density at radius 2 is 1.61 bits per heavy atom. The molecule has 0 aromatic carbocycles. The van der Waals surface area contributed by atoms with Gasteiger partial charge in [0, 0.05) is 24.5 Å². The summed E-state index contributed by atoms with van der Waals surface area (Å²) in [6, 6.07) is 0.728. The van der Waals surface area contributed by atoms with Gasteiger partial charge < -0.3 is 4.90 Å². The molecule has 0 saturated carbocycles. The molecule has 28 heavy (non-hydrogen) atoms. The predicted molar refractivity (Wildman–Crippen MR) is 118 cm³/mol. The molecule has 0 aromatic heterocycles. The lowest BCUT2D eigenvalue weighted by Gasteiger charge is -2.64. The first-order chi connectivity index (χ1) is 13.9. The van der Waals surface area contributed by atoms with Gasteiger partial charge in [0.2, 0.25) is 0 Å². The van der Waals surface area contributed by atoms with E-state index in [9.17, 15) is 0 Å². The van der Waals surface area contributed by atoms with Gasteiger partial charge in [-0.25, -0.2) is 0 Å². The third-order valence-corrected chi connectivity index (χ3v) is 8.53. The Morgan fingerprint density at radius 1 is 0.821 bits per heavy atom. The van der Waals surface area contributed by atoms with Crippen molar-refractivity contribution in [2.45, 2.75) is 76.7 Å². The van der Waals surface area contributed by atoms with E-state index in [1.54, 1.807) is 0 Å². The summed E-state index contributed by atoms with van der Waals surface area (Å²) in [5, 5.41) is 0. The predicted octanol–water partition coefficient (Wildman–Crippen LogP) is 5.58. The number of hydrogen-bond donors (Lipinski definition) is 0. The van der Waals surface area contributed by atoms with Crippen molar-refractivity contribution < 1.29 is 0 Å². The summed E-state index contributed by atoms with van der Waals surface area (Å²) in [7, 11) is 0. The Labute approximate surface area is 172 Å². The third-order valence-electron chi connectivity index (χ3n) is 8.53. The number of nitrogens with zero attached hydrogens (tertiary/aromatic N) is 2. The Balaban J connectivity index is 1.53. The van der Waals surface area contributed by atoms with E-state index in [0.717, 1.165) is 17.9 Å². The zero-order valence-electron chi connectivity index (χ0n) is 17.8. The molecule has 6 rings (SSSR count). The fourth-order valence-electron chi connectivity index (χ4n) is 7.44. The second-order valence-corrected chi connectivity index (χ2v) is 10.2. The van der Waals surface area contributed by atoms with Gasteiger partial charge in [-0.3, -0.25) is 4.90 Å². The van der Waals surface area contributed by atoms with Crippen LogP contribution in [0.2, 0.25) is 0 Å². The van der Waals surface area contributed by atoms with Gasteiger partial charge in [-0.05, 0) is 102 Å². The number of fused-ring (bicyclic) bond motifs is 1. The fourth-order valence-corrected chi connectivity index (χ4v) is 7.44. The molecule has 6 bridgehead atoms. The molecule has 6 aliphatic rings. The molecule has 2 unspecified atom stereocenters. The number of rotatable bonds is 0. The van der Waals surface area contributed by atoms with Crippen molar-refractivity contribution in [3.63, 3.8) is 0 Å². The van der Waals surface area contributed by atoms with Crippen LogP contribution >= 0.6 is 0 Å². The quantitative estimate of drug-likeness (QED) is 0.507. The fraction of sp³-hybridized carbons (Fsp3) is 0.769. The Hall–Kier alpha value is -0.860. The summed E-state index contributed by atoms with van der Waals surface area (Å²) >= 11 is 0. The lowest BCUT2D eigenvalue weighted by atomic mass is 9.52. The van der Waals surface area contributed by atoms with Crippen molar-refractivity contribution in [2.75, 3.05) is 32.7 Å². The molecule has 5 heterocycles. The van der Waals surface area contributed by atoms with Crippen molar-refractivity contribution in [3.8, 4) is 0 Å². The first-order valence-electron chi connectivity index (χ1n) is 12.3. The zero-order chi connectivity index (χ0) is 18.8. The zero-order valence-corrected chi connectivity index (χ0v) is 17.8. The van der Waals surface area contributed by atoms with Crippen LogP contribution in [-0.2, 0) is 0 Å². The highest BCUT2D eigenvalue weighted by atomic mass is 15.2. The van der Waals surface area contributed by atoms with Crippen LogP contribution in [-0.4, -0.2) is 48.6 Å². The van der Waals surface area contributed by atoms with E-state index in [4.69, 9.17) is 0 Å². The van der Waals surface area contributed by atoms with Crippen LogP contribution in [0.1, 0.15) is 70.6 Å². The van der Waals surface area contributed by atoms with Crippen molar-refractivity contribution in [1.29, 1.82) is 0 Å². The monoisotopic (exact) mass is 380 g/mol. The second-order valence-electron chi connectivity index (χ2n) is 10.2. The van der Waals surface area contributed by atoms with Crippen molar-refractivity contribution >= 4 is 0 Å². The van der Waals surface area contributed by atoms with E-state index in [1.807, 2.05) is 5.57 Å². The SMILES string of the molecule is C1=C2CC/C=C\CCCCN3CC[C@H]4[C@@H]1CN1CCCC/C=C\CC[C@@]4(C3)[C@H]21. The molecular formula is C26H40N2. The Bertz CT molecular complexity index is 632. The van der Waals surface area contributed by atoms with E-state index in [2.05, 4.69) is 40.2 Å². The van der Waals surface area contributed by atoms with Crippen LogP contribution < -0.4 is 0 Å². The van der Waals surface area contributed by atoms with Gasteiger partial charge in [-0.1, -0.05) is 36.0 Å². The summed E-state index contributed by atoms with van der Waals surface area (Å²) in [6.45, 7) is 6.73. The van der Waals surface area contributed by atoms with Gasteiger partial charge in [0.25, 0.3) is 0 Å². The van der Waals surface area contributed by atoms with Gasteiger partial charge >= 0.3 is 0 Å². The highest BCUT2D eigenvalue weighted by molar-refractivity contribution is 5.30. The average molecular weight is 381 g/mol. The number of allylic oxidation sites excluding steroid dienone is 4. The van der Waals surface area contributed by atoms with Crippen molar-refractivity contribution in [3.05, 3.63) is 36.0 Å². The summed E-state index contributed by atoms with van der Waals surface area (Å²) in [5.74, 6) is 1.75. The van der Waals surface area contributed by atoms with Gasteiger partial charge in [0.05, 0.1) is 0 Å². The molecule has 2 heteroatoms. The van der Waals surface area contributed by atoms with Gasteiger partial charge in [-0.2, -0.15) is 0 Å². The molecule has 2 fully saturated rings. The van der Waals surface area contributed by atoms with Gasteiger partial charge in [0.15, 0.2) is 0 Å². The molecule has 0 radical (unpaired) electrons. The largest absolute Gasteiger partial charge is 0.303 e. The number of hydrogen-bond acceptors (Lipinski definition) is 2. The minimum absolute atomic E-state index is 0.512. The molecule has 5 aliphatic heterocycles. The minimum Gasteiger partial charge on any atom is -0.303 e. The average Bonchev–Trinajstić information content (AvgIpc) is 2.73. The molecule has 1 aliphatic carbocycles. The van der Waals surface area contributed by atoms with E-state index in [0.29, 0.717) is 5.41 Å². The molecule has 6 atom stereocenters. The first kappa shape index (κ1) is 19.1. The maximum absolute atomic E-state index is 2.97. The highest BCUT2D eigenvalue weighted by Gasteiger charge is 2.58. The van der Waals surface area contributed by atoms with E-state index in [1.165, 1.54) is 103 Å². The molecule has 0 aromatic rings. The van der Waals surface area contributed by atoms with E-state index >= 15 is 0 Å². The van der Waals surface area contributed by atoms with Crippen LogP contribution in [0, 0.1) is 17.3 Å². The minimum atomic E-state index is 0.512. The molecule has 154 valence electrons. The summed E-state index contributed by atoms with van der Waals surface area (Å²) in [6.07, 6.45) is 27.5. The maximum atomic E-state index is 2.97. The van der Waals surface area contributed by atoms with E-state index < -0.39 is 0 Å². The molecule has 1 spiro atoms. The maximum Gasteiger partial charge on any atom is 0.0379 e. The van der Waals surface area contributed by atoms with Crippen LogP contribution in [0.4, 0.5) is 0 Å². The Morgan fingerprint density at radius 3 is 2.50 bits per heavy atom. The molecular weight excluding hydrogens is 340 g/mol. The summed E-state index contributed by atoms with van der Waals surface area (Å²) in [4.78, 5) is 5.84. The molecule has 2 saturated heterocycles. The number of piperidine rings is 2. The molecule has 2 nitrogen and oxygen atoms in total. The first-order valence-corrected chi connectivity index (χ1v) is 12.3. The summed E-state index contributed by atoms with van der Waals surface area (Å²) in [5.41, 5.74) is 2.33. The lowest BCUT2D eigenvalue weighted by Crippen LogP contribution is -2.68. The van der Waals surface area contributed by atoms with Crippen molar-refractivity contribution in [1.82, 2.24) is 9.80 Å². The second kappa shape index (κ2) is 8.48. The highest BCUT2D eigenvalue weighted by Crippen LogP contribution is 2.57. The van der Waals surface area contributed by atoms with E-state index in [-0.39, 0.29) is 0 Å². The van der Waals surface area contributed by atoms with Crippen molar-refractivity contribution in [2.24, 2.45) is 17.3 Å². The lowest BCUT2D eigenvalue weighted by molar-refractivity contribution is -0.109. The van der Waals surface area contributed by atoms with Gasteiger partial charge in [-0.15, -0.1) is 0 Å². The van der Waals surface area contributed by atoms with Gasteiger partial charge in [0.1, 0.15) is 0 Å². The smallest absolute Gasteiger partial charge is 0.0379 e. The standard InChI is InChI=1S/C26H40N2/c1-3-7-11-16-27-18-14-24-23-19-22(13-9-5-1)25-26(24,21-27)15-10-6-2-4-8-12-17-28(25)20-23/h1-2,5-6,19,23-25H,3-4,7-18,20-21H2/b5-1-,6-2-/t23-,24-,25-,26-/m0/s1. The van der Waals surface area contributed by atoms with Crippen LogP contribution in [0.15, 0.2) is 36.0 Å². The molecule has 0 amide bonds. The third kappa shape index (κ3) is 3.56. The normalized spacial score (nSPS) is 46.3. The van der Waals surface area contributed by atoms with Crippen LogP contribution in [0.25, 0.3) is 0 Å².